The van der Waals surface area contributed by atoms with Gasteiger partial charge in [-0.15, -0.1) is 0 Å². The fourth-order valence-electron chi connectivity index (χ4n) is 5.27. The molecule has 2 aromatic carbocycles. The predicted molar refractivity (Wildman–Crippen MR) is 145 cm³/mol. The van der Waals surface area contributed by atoms with E-state index in [-0.39, 0.29) is 12.2 Å². The lowest BCUT2D eigenvalue weighted by atomic mass is 9.62. The van der Waals surface area contributed by atoms with E-state index in [9.17, 15) is 19.5 Å². The van der Waals surface area contributed by atoms with Gasteiger partial charge in [0.15, 0.2) is 4.67 Å². The molecule has 4 rings (SSSR count). The molecule has 0 saturated heterocycles. The van der Waals surface area contributed by atoms with Crippen molar-refractivity contribution in [1.29, 1.82) is 0 Å². The summed E-state index contributed by atoms with van der Waals surface area (Å²) in [6.45, 7) is 9.12. The average molecular weight is 567 g/mol. The number of hydrogen-bond donors (Lipinski definition) is 3. The van der Waals surface area contributed by atoms with Crippen molar-refractivity contribution in [3.05, 3.63) is 81.2 Å². The maximum absolute atomic E-state index is 13.8. The van der Waals surface area contributed by atoms with Crippen molar-refractivity contribution < 1.29 is 23.9 Å². The molecule has 1 fully saturated rings. The zero-order valence-corrected chi connectivity index (χ0v) is 23.1. The molecule has 1 saturated carbocycles. The summed E-state index contributed by atoms with van der Waals surface area (Å²) in [5, 5.41) is 17.2. The molecule has 3 N–H and O–H groups in total. The lowest BCUT2D eigenvalue weighted by molar-refractivity contribution is -0.151. The van der Waals surface area contributed by atoms with Crippen molar-refractivity contribution in [3.63, 3.8) is 0 Å². The third kappa shape index (κ3) is 5.55. The average Bonchev–Trinajstić information content (AvgIpc) is 3.22. The Morgan fingerprint density at radius 3 is 1.95 bits per heavy atom. The van der Waals surface area contributed by atoms with E-state index in [2.05, 4.69) is 26.6 Å². The molecule has 0 aliphatic heterocycles. The van der Waals surface area contributed by atoms with Crippen LogP contribution in [0.4, 0.5) is 11.4 Å². The van der Waals surface area contributed by atoms with E-state index < -0.39 is 41.0 Å². The molecular weight excluding hydrogens is 536 g/mol. The lowest BCUT2D eigenvalue weighted by Crippen LogP contribution is -2.56. The van der Waals surface area contributed by atoms with Crippen molar-refractivity contribution in [2.75, 3.05) is 10.6 Å². The molecule has 37 heavy (non-hydrogen) atoms. The van der Waals surface area contributed by atoms with Gasteiger partial charge in [-0.2, -0.15) is 0 Å². The number of Topliss-reactive ketones (excluding diaryl/α,β-unsaturated/α-hetero) is 1. The van der Waals surface area contributed by atoms with Gasteiger partial charge in [-0.25, -0.2) is 0 Å². The van der Waals surface area contributed by atoms with Gasteiger partial charge in [0.05, 0.1) is 17.4 Å². The van der Waals surface area contributed by atoms with Crippen molar-refractivity contribution in [1.82, 2.24) is 0 Å². The first-order valence-corrected chi connectivity index (χ1v) is 12.9. The van der Waals surface area contributed by atoms with Crippen molar-refractivity contribution in [2.24, 2.45) is 11.8 Å². The number of nitrogens with one attached hydrogen (secondary N) is 2. The van der Waals surface area contributed by atoms with Crippen LogP contribution in [-0.2, 0) is 14.4 Å². The van der Waals surface area contributed by atoms with Gasteiger partial charge >= 0.3 is 0 Å². The van der Waals surface area contributed by atoms with Gasteiger partial charge in [0.2, 0.25) is 11.8 Å². The van der Waals surface area contributed by atoms with Crippen LogP contribution in [0.15, 0.2) is 57.6 Å². The molecule has 4 unspecified atom stereocenters. The van der Waals surface area contributed by atoms with Gasteiger partial charge < -0.3 is 20.2 Å². The number of amides is 2. The molecule has 2 amide bonds. The molecule has 0 spiro atoms. The number of rotatable bonds is 5. The Balaban J connectivity index is 1.75. The summed E-state index contributed by atoms with van der Waals surface area (Å²) in [7, 11) is 0. The highest BCUT2D eigenvalue weighted by atomic mass is 79.9. The number of aryl methyl sites for hydroxylation is 4. The van der Waals surface area contributed by atoms with E-state index in [1.54, 1.807) is 24.3 Å². The Morgan fingerprint density at radius 2 is 1.46 bits per heavy atom. The second-order valence-electron chi connectivity index (χ2n) is 10.2. The van der Waals surface area contributed by atoms with Crippen LogP contribution < -0.4 is 10.6 Å². The van der Waals surface area contributed by atoms with Crippen LogP contribution in [0, 0.1) is 39.5 Å². The third-order valence-electron chi connectivity index (χ3n) is 7.03. The van der Waals surface area contributed by atoms with Crippen LogP contribution in [0.25, 0.3) is 0 Å². The number of hydrogen-bond acceptors (Lipinski definition) is 5. The van der Waals surface area contributed by atoms with Crippen molar-refractivity contribution in [2.45, 2.75) is 52.6 Å². The van der Waals surface area contributed by atoms with Crippen LogP contribution in [0.2, 0.25) is 0 Å². The van der Waals surface area contributed by atoms with Gasteiger partial charge in [-0.1, -0.05) is 35.4 Å². The number of benzene rings is 2. The predicted octanol–water partition coefficient (Wildman–Crippen LogP) is 5.59. The Hall–Kier alpha value is -3.23. The SMILES string of the molecule is Cc1ccc(NC(=O)C2C(=O)CC(C)(O)C(C(=O)Nc3ccc(C)cc3C)C2c2ccc(Br)o2)c(C)c1. The van der Waals surface area contributed by atoms with E-state index in [0.717, 1.165) is 22.3 Å². The maximum Gasteiger partial charge on any atom is 0.235 e. The number of aliphatic hydroxyl groups is 1. The van der Waals surface area contributed by atoms with Crippen LogP contribution >= 0.6 is 15.9 Å². The number of ketones is 1. The normalized spacial score (nSPS) is 23.5. The quantitative estimate of drug-likeness (QED) is 0.348. The Kier molecular flexibility index (Phi) is 7.44. The number of anilines is 2. The zero-order chi connectivity index (χ0) is 27.1. The largest absolute Gasteiger partial charge is 0.454 e. The van der Waals surface area contributed by atoms with E-state index in [0.29, 0.717) is 16.0 Å². The highest BCUT2D eigenvalue weighted by molar-refractivity contribution is 9.10. The molecule has 4 atom stereocenters. The Labute approximate surface area is 224 Å². The second kappa shape index (κ2) is 10.3. The van der Waals surface area contributed by atoms with Gasteiger partial charge in [-0.05, 0) is 85.9 Å². The molecule has 1 heterocycles. The molecule has 1 aliphatic rings. The molecular formula is C29H31BrN2O5. The van der Waals surface area contributed by atoms with E-state index >= 15 is 0 Å². The molecule has 194 valence electrons. The minimum Gasteiger partial charge on any atom is -0.454 e. The first-order chi connectivity index (χ1) is 17.4. The Bertz CT molecular complexity index is 1380. The number of halogens is 1. The van der Waals surface area contributed by atoms with E-state index in [1.807, 2.05) is 52.0 Å². The number of furan rings is 1. The molecule has 1 aliphatic carbocycles. The zero-order valence-electron chi connectivity index (χ0n) is 21.5. The highest BCUT2D eigenvalue weighted by Gasteiger charge is 2.57. The first kappa shape index (κ1) is 26.8. The smallest absolute Gasteiger partial charge is 0.235 e. The van der Waals surface area contributed by atoms with Gasteiger partial charge in [-0.3, -0.25) is 14.4 Å². The number of carbonyl (C=O) groups excluding carboxylic acids is 3. The summed E-state index contributed by atoms with van der Waals surface area (Å²) in [6, 6.07) is 14.5. The summed E-state index contributed by atoms with van der Waals surface area (Å²) >= 11 is 3.28. The van der Waals surface area contributed by atoms with Crippen molar-refractivity contribution >= 4 is 44.9 Å². The standard InChI is InChI=1S/C29H31BrN2O5/c1-15-6-8-19(17(3)12-15)31-27(34)24-21(33)14-29(5,36)26(25(24)22-10-11-23(30)37-22)28(35)32-20-9-7-16(2)13-18(20)4/h6-13,24-26,36H,14H2,1-5H3,(H,31,34)(H,32,35). The summed E-state index contributed by atoms with van der Waals surface area (Å²) in [5.74, 6) is -4.64. The molecule has 0 radical (unpaired) electrons. The third-order valence-corrected chi connectivity index (χ3v) is 7.46. The fraction of sp³-hybridized carbons (Fsp3) is 0.345. The lowest BCUT2D eigenvalue weighted by Gasteiger charge is -2.43. The minimum absolute atomic E-state index is 0.266. The fourth-order valence-corrected chi connectivity index (χ4v) is 5.59. The van der Waals surface area contributed by atoms with Crippen LogP contribution in [0.3, 0.4) is 0 Å². The van der Waals surface area contributed by atoms with Gasteiger partial charge in [0.1, 0.15) is 17.5 Å². The first-order valence-electron chi connectivity index (χ1n) is 12.1. The van der Waals surface area contributed by atoms with Crippen LogP contribution in [0.1, 0.15) is 47.3 Å². The molecule has 0 bridgehead atoms. The summed E-state index contributed by atoms with van der Waals surface area (Å²) < 4.78 is 6.19. The topological polar surface area (TPSA) is 109 Å². The summed E-state index contributed by atoms with van der Waals surface area (Å²) in [5.41, 5.74) is 3.27. The van der Waals surface area contributed by atoms with E-state index in [4.69, 9.17) is 4.42 Å². The highest BCUT2D eigenvalue weighted by Crippen LogP contribution is 2.47. The monoisotopic (exact) mass is 566 g/mol. The molecule has 7 nitrogen and oxygen atoms in total. The van der Waals surface area contributed by atoms with Crippen LogP contribution in [0.5, 0.6) is 0 Å². The number of carbonyl (C=O) groups is 3. The van der Waals surface area contributed by atoms with Gasteiger partial charge in [0, 0.05) is 17.8 Å². The Morgan fingerprint density at radius 1 is 0.919 bits per heavy atom. The van der Waals surface area contributed by atoms with Crippen molar-refractivity contribution in [3.8, 4) is 0 Å². The minimum atomic E-state index is -1.71. The molecule has 3 aromatic rings. The van der Waals surface area contributed by atoms with E-state index in [1.165, 1.54) is 6.92 Å². The summed E-state index contributed by atoms with van der Waals surface area (Å²) in [6.07, 6.45) is -0.346. The van der Waals surface area contributed by atoms with Gasteiger partial charge in [0.25, 0.3) is 0 Å². The summed E-state index contributed by atoms with van der Waals surface area (Å²) in [4.78, 5) is 40.8. The second-order valence-corrected chi connectivity index (χ2v) is 11.0. The van der Waals surface area contributed by atoms with Crippen LogP contribution in [-0.4, -0.2) is 28.3 Å². The molecule has 8 heteroatoms. The maximum atomic E-state index is 13.8. The molecule has 1 aromatic heterocycles.